The number of pyridine rings is 1. The van der Waals surface area contributed by atoms with Crippen LogP contribution in [0.1, 0.15) is 28.7 Å². The third-order valence-electron chi connectivity index (χ3n) is 7.82. The number of nitrogens with one attached hydrogen (secondary N) is 2. The predicted molar refractivity (Wildman–Crippen MR) is 200 cm³/mol. The van der Waals surface area contributed by atoms with Gasteiger partial charge in [-0.15, -0.1) is 0 Å². The lowest BCUT2D eigenvalue weighted by Crippen LogP contribution is -2.23. The third-order valence-corrected chi connectivity index (χ3v) is 8.41. The molecule has 266 valence electrons. The van der Waals surface area contributed by atoms with Crippen LogP contribution in [0.4, 0.5) is 22.7 Å². The number of ether oxygens (including phenoxy) is 2. The Hall–Kier alpha value is -6.39. The van der Waals surface area contributed by atoms with Crippen LogP contribution in [0.3, 0.4) is 0 Å². The summed E-state index contributed by atoms with van der Waals surface area (Å²) < 4.78 is 38.9. The highest BCUT2D eigenvalue weighted by molar-refractivity contribution is 7.92. The van der Waals surface area contributed by atoms with Crippen molar-refractivity contribution in [3.63, 3.8) is 0 Å². The molecule has 0 aliphatic heterocycles. The van der Waals surface area contributed by atoms with Gasteiger partial charge in [-0.3, -0.25) is 19.3 Å². The highest BCUT2D eigenvalue weighted by Crippen LogP contribution is 2.34. The van der Waals surface area contributed by atoms with Crippen molar-refractivity contribution in [1.82, 2.24) is 4.98 Å². The molecule has 0 fully saturated rings. The monoisotopic (exact) mass is 719 g/mol. The van der Waals surface area contributed by atoms with E-state index in [4.69, 9.17) is 21.2 Å². The maximum Gasteiger partial charge on any atom is 0.312 e. The molecule has 0 saturated heterocycles. The summed E-state index contributed by atoms with van der Waals surface area (Å²) in [6.45, 7) is 10.4. The van der Waals surface area contributed by atoms with Gasteiger partial charge in [0.25, 0.3) is 0 Å². The first-order valence-corrected chi connectivity index (χ1v) is 18.1. The van der Waals surface area contributed by atoms with Gasteiger partial charge in [-0.25, -0.2) is 13.3 Å². The maximum absolute atomic E-state index is 12.2. The van der Waals surface area contributed by atoms with Crippen LogP contribution >= 0.6 is 0 Å². The number of aromatic nitrogens is 1. The van der Waals surface area contributed by atoms with Crippen molar-refractivity contribution in [3.05, 3.63) is 143 Å². The van der Waals surface area contributed by atoms with Crippen LogP contribution < -0.4 is 24.4 Å². The number of carbonyl (C=O) groups excluding carboxylic acids is 1. The molecule has 1 heterocycles. The van der Waals surface area contributed by atoms with E-state index in [1.165, 1.54) is 0 Å². The normalized spacial score (nSPS) is 10.9. The molecule has 13 heteroatoms. The minimum atomic E-state index is -3.49. The Morgan fingerprint density at radius 3 is 2.21 bits per heavy atom. The van der Waals surface area contributed by atoms with Gasteiger partial charge in [0.2, 0.25) is 15.9 Å². The number of anilines is 3. The molecule has 0 radical (unpaired) electrons. The van der Waals surface area contributed by atoms with E-state index in [1.54, 1.807) is 48.8 Å². The van der Waals surface area contributed by atoms with Gasteiger partial charge >= 0.3 is 5.97 Å². The van der Waals surface area contributed by atoms with Crippen LogP contribution in [0.5, 0.6) is 17.2 Å². The van der Waals surface area contributed by atoms with Gasteiger partial charge in [-0.1, -0.05) is 48.5 Å². The van der Waals surface area contributed by atoms with Gasteiger partial charge in [0.05, 0.1) is 30.8 Å². The lowest BCUT2D eigenvalue weighted by atomic mass is 10.1. The zero-order chi connectivity index (χ0) is 37.1. The fraction of sp³-hybridized carbons (Fsp3) is 0.179. The minimum Gasteiger partial charge on any atom is -0.491 e. The van der Waals surface area contributed by atoms with E-state index in [2.05, 4.69) is 24.8 Å². The molecule has 1 amide bonds. The quantitative estimate of drug-likeness (QED) is 0.0703. The Balaban J connectivity index is 1.35. The summed E-state index contributed by atoms with van der Waals surface area (Å²) in [5.74, 6) is -0.622. The average Bonchev–Trinajstić information content (AvgIpc) is 3.11. The Morgan fingerprint density at radius 2 is 1.58 bits per heavy atom. The molecule has 52 heavy (non-hydrogen) atoms. The standard InChI is InChI=1S/C39H37N5O7S/c1-27-34(43-52(3,48)49)7-4-8-36(27)44(25-29-9-13-31(40-2)14-10-29)26-30-11-15-32(16-12-30)51-33-17-18-35(42-38(45)23-39(46)47)37(22-33)50-21-19-28-6-5-20-41-24-28/h4-18,20,22,24,43H,19,21,23,25-26H2,1,3H3,(H,42,45)(H,46,47). The predicted octanol–water partition coefficient (Wildman–Crippen LogP) is 7.35. The van der Waals surface area contributed by atoms with E-state index in [0.29, 0.717) is 53.8 Å². The molecule has 0 atom stereocenters. The number of carbonyl (C=O) groups is 2. The summed E-state index contributed by atoms with van der Waals surface area (Å²) in [5.41, 5.74) is 5.87. The summed E-state index contributed by atoms with van der Waals surface area (Å²) >= 11 is 0. The molecule has 0 unspecified atom stereocenters. The average molecular weight is 720 g/mol. The number of hydrogen-bond acceptors (Lipinski definition) is 8. The number of hydrogen-bond donors (Lipinski definition) is 3. The molecule has 0 aliphatic carbocycles. The highest BCUT2D eigenvalue weighted by Gasteiger charge is 2.17. The van der Waals surface area contributed by atoms with Crippen LogP contribution in [0.25, 0.3) is 4.85 Å². The van der Waals surface area contributed by atoms with Gasteiger partial charge in [0.1, 0.15) is 23.7 Å². The minimum absolute atomic E-state index is 0.276. The van der Waals surface area contributed by atoms with Gasteiger partial charge in [0, 0.05) is 43.7 Å². The molecule has 5 rings (SSSR count). The van der Waals surface area contributed by atoms with Crippen LogP contribution in [-0.2, 0) is 39.1 Å². The number of benzene rings is 4. The van der Waals surface area contributed by atoms with Crippen molar-refractivity contribution >= 4 is 44.6 Å². The van der Waals surface area contributed by atoms with Gasteiger partial charge < -0.3 is 24.8 Å². The smallest absolute Gasteiger partial charge is 0.312 e. The molecular formula is C39H37N5O7S. The summed E-state index contributed by atoms with van der Waals surface area (Å²) in [6.07, 6.45) is 4.41. The van der Waals surface area contributed by atoms with Crippen LogP contribution in [0.15, 0.2) is 109 Å². The van der Waals surface area contributed by atoms with Gasteiger partial charge in [-0.05, 0) is 71.6 Å². The van der Waals surface area contributed by atoms with Crippen molar-refractivity contribution in [2.24, 2.45) is 0 Å². The van der Waals surface area contributed by atoms with Gasteiger partial charge in [0.15, 0.2) is 5.69 Å². The summed E-state index contributed by atoms with van der Waals surface area (Å²) in [7, 11) is -3.49. The number of nitrogens with zero attached hydrogens (tertiary/aromatic N) is 3. The number of sulfonamides is 1. The van der Waals surface area contributed by atoms with Crippen molar-refractivity contribution in [2.45, 2.75) is 32.9 Å². The SMILES string of the molecule is [C-]#[N+]c1ccc(CN(Cc2ccc(Oc3ccc(NC(=O)CC(=O)O)c(OCCc4cccnc4)c3)cc2)c2cccc(NS(C)(=O)=O)c2C)cc1. The first-order chi connectivity index (χ1) is 25.0. The van der Waals surface area contributed by atoms with Crippen molar-refractivity contribution in [2.75, 3.05) is 27.8 Å². The summed E-state index contributed by atoms with van der Waals surface area (Å²) in [4.78, 5) is 33.0. The van der Waals surface area contributed by atoms with Crippen LogP contribution in [-0.4, -0.2) is 43.2 Å². The summed E-state index contributed by atoms with van der Waals surface area (Å²) in [5, 5.41) is 11.6. The molecule has 1 aromatic heterocycles. The molecule has 0 aliphatic rings. The van der Waals surface area contributed by atoms with E-state index in [0.717, 1.165) is 34.2 Å². The fourth-order valence-electron chi connectivity index (χ4n) is 5.36. The zero-order valence-corrected chi connectivity index (χ0v) is 29.4. The van der Waals surface area contributed by atoms with E-state index in [1.807, 2.05) is 67.6 Å². The zero-order valence-electron chi connectivity index (χ0n) is 28.6. The Morgan fingerprint density at radius 1 is 0.885 bits per heavy atom. The Kier molecular flexibility index (Phi) is 12.1. The molecule has 4 aromatic carbocycles. The maximum atomic E-state index is 12.2. The second-order valence-electron chi connectivity index (χ2n) is 11.9. The van der Waals surface area contributed by atoms with E-state index >= 15 is 0 Å². The fourth-order valence-corrected chi connectivity index (χ4v) is 5.98. The molecular weight excluding hydrogens is 683 g/mol. The number of amides is 1. The topological polar surface area (TPSA) is 152 Å². The lowest BCUT2D eigenvalue weighted by Gasteiger charge is -2.28. The molecule has 0 bridgehead atoms. The number of rotatable bonds is 16. The third kappa shape index (κ3) is 10.8. The van der Waals surface area contributed by atoms with E-state index < -0.39 is 28.3 Å². The second kappa shape index (κ2) is 17.0. The number of carboxylic acid groups (broad SMARTS) is 1. The first-order valence-electron chi connectivity index (χ1n) is 16.2. The number of aliphatic carboxylic acids is 1. The molecule has 0 spiro atoms. The van der Waals surface area contributed by atoms with Gasteiger partial charge in [-0.2, -0.15) is 0 Å². The van der Waals surface area contributed by atoms with Crippen molar-refractivity contribution < 1.29 is 32.6 Å². The van der Waals surface area contributed by atoms with Crippen molar-refractivity contribution in [1.29, 1.82) is 0 Å². The van der Waals surface area contributed by atoms with Crippen molar-refractivity contribution in [3.8, 4) is 17.2 Å². The van der Waals surface area contributed by atoms with E-state index in [-0.39, 0.29) is 6.61 Å². The lowest BCUT2D eigenvalue weighted by molar-refractivity contribution is -0.139. The molecule has 3 N–H and O–H groups in total. The van der Waals surface area contributed by atoms with E-state index in [9.17, 15) is 18.0 Å². The largest absolute Gasteiger partial charge is 0.491 e. The number of carboxylic acids is 1. The Bertz CT molecular complexity index is 2170. The van der Waals surface area contributed by atoms with Crippen LogP contribution in [0, 0.1) is 13.5 Å². The van der Waals surface area contributed by atoms with Crippen LogP contribution in [0.2, 0.25) is 0 Å². The molecule has 5 aromatic rings. The molecule has 12 nitrogen and oxygen atoms in total. The Labute approximate surface area is 302 Å². The molecule has 0 saturated carbocycles. The summed E-state index contributed by atoms with van der Waals surface area (Å²) in [6, 6.07) is 29.0. The second-order valence-corrected chi connectivity index (χ2v) is 13.7. The first kappa shape index (κ1) is 36.9. The highest BCUT2D eigenvalue weighted by atomic mass is 32.2.